The molecule has 2 aromatic heterocycles. The smallest absolute Gasteiger partial charge is 0.251 e. The first-order valence-electron chi connectivity index (χ1n) is 9.95. The van der Waals surface area contributed by atoms with E-state index in [1.165, 1.54) is 5.56 Å². The molecule has 0 amide bonds. The van der Waals surface area contributed by atoms with E-state index < -0.39 is 0 Å². The van der Waals surface area contributed by atoms with Crippen LogP contribution in [0.1, 0.15) is 58.8 Å². The molecule has 29 heavy (non-hydrogen) atoms. The van der Waals surface area contributed by atoms with Crippen molar-refractivity contribution in [2.24, 2.45) is 5.41 Å². The Balaban J connectivity index is 1.90. The van der Waals surface area contributed by atoms with Gasteiger partial charge in [0.15, 0.2) is 11.6 Å². The zero-order chi connectivity index (χ0) is 20.9. The second kappa shape index (κ2) is 6.79. The van der Waals surface area contributed by atoms with E-state index in [1.807, 2.05) is 32.0 Å². The maximum Gasteiger partial charge on any atom is 0.251 e. The molecule has 0 fully saturated rings. The summed E-state index contributed by atoms with van der Waals surface area (Å²) in [4.78, 5) is 22.3. The molecule has 1 N–H and O–H groups in total. The number of aromatic nitrogens is 4. The Morgan fingerprint density at radius 3 is 2.41 bits per heavy atom. The lowest BCUT2D eigenvalue weighted by molar-refractivity contribution is 0.0911. The summed E-state index contributed by atoms with van der Waals surface area (Å²) in [6.07, 6.45) is 1.24. The molecule has 2 heterocycles. The Morgan fingerprint density at radius 2 is 1.72 bits per heavy atom. The SMILES string of the molecule is Cc1cc(C)nc(-n2nc(Nc3cccc(C)c3C)c3c2CC(C)(C)CC3=O)n1. The van der Waals surface area contributed by atoms with Crippen LogP contribution in [-0.2, 0) is 6.42 Å². The molecule has 0 spiro atoms. The maximum absolute atomic E-state index is 13.1. The van der Waals surface area contributed by atoms with Crippen LogP contribution in [0.25, 0.3) is 5.95 Å². The van der Waals surface area contributed by atoms with Crippen LogP contribution in [0.4, 0.5) is 11.5 Å². The molecule has 0 saturated carbocycles. The lowest BCUT2D eigenvalue weighted by Gasteiger charge is -2.28. The van der Waals surface area contributed by atoms with Gasteiger partial charge < -0.3 is 5.32 Å². The number of fused-ring (bicyclic) bond motifs is 1. The molecular weight excluding hydrogens is 362 g/mol. The minimum Gasteiger partial charge on any atom is -0.338 e. The van der Waals surface area contributed by atoms with E-state index in [4.69, 9.17) is 5.10 Å². The van der Waals surface area contributed by atoms with Crippen molar-refractivity contribution in [1.29, 1.82) is 0 Å². The molecular formula is C23H27N5O. The highest BCUT2D eigenvalue weighted by molar-refractivity contribution is 6.03. The molecule has 6 heteroatoms. The molecule has 1 aliphatic carbocycles. The van der Waals surface area contributed by atoms with Crippen LogP contribution in [0, 0.1) is 33.1 Å². The van der Waals surface area contributed by atoms with Crippen molar-refractivity contribution in [3.05, 3.63) is 58.0 Å². The molecule has 0 aliphatic heterocycles. The highest BCUT2D eigenvalue weighted by Gasteiger charge is 2.37. The average Bonchev–Trinajstić information content (AvgIpc) is 2.95. The molecule has 6 nitrogen and oxygen atoms in total. The molecule has 0 saturated heterocycles. The predicted molar refractivity (Wildman–Crippen MR) is 114 cm³/mol. The van der Waals surface area contributed by atoms with Crippen LogP contribution in [0.5, 0.6) is 0 Å². The number of aryl methyl sites for hydroxylation is 3. The second-order valence-corrected chi connectivity index (χ2v) is 8.85. The van der Waals surface area contributed by atoms with Gasteiger partial charge in [-0.15, -0.1) is 5.10 Å². The van der Waals surface area contributed by atoms with Crippen molar-refractivity contribution in [2.75, 3.05) is 5.32 Å². The van der Waals surface area contributed by atoms with E-state index in [9.17, 15) is 4.79 Å². The topological polar surface area (TPSA) is 72.7 Å². The number of rotatable bonds is 3. The largest absolute Gasteiger partial charge is 0.338 e. The fourth-order valence-electron chi connectivity index (χ4n) is 4.02. The zero-order valence-electron chi connectivity index (χ0n) is 17.9. The predicted octanol–water partition coefficient (Wildman–Crippen LogP) is 4.79. The van der Waals surface area contributed by atoms with E-state index in [0.29, 0.717) is 23.8 Å². The van der Waals surface area contributed by atoms with E-state index in [1.54, 1.807) is 4.68 Å². The first kappa shape index (κ1) is 19.3. The Morgan fingerprint density at radius 1 is 1.03 bits per heavy atom. The molecule has 0 unspecified atom stereocenters. The lowest BCUT2D eigenvalue weighted by atomic mass is 9.76. The van der Waals surface area contributed by atoms with Gasteiger partial charge in [0.2, 0.25) is 0 Å². The summed E-state index contributed by atoms with van der Waals surface area (Å²) in [6, 6.07) is 8.03. The van der Waals surface area contributed by atoms with Gasteiger partial charge in [-0.25, -0.2) is 14.6 Å². The highest BCUT2D eigenvalue weighted by Crippen LogP contribution is 2.39. The van der Waals surface area contributed by atoms with Crippen LogP contribution in [0.15, 0.2) is 24.3 Å². The van der Waals surface area contributed by atoms with Crippen LogP contribution in [0.3, 0.4) is 0 Å². The first-order chi connectivity index (χ1) is 13.6. The summed E-state index contributed by atoms with van der Waals surface area (Å²) < 4.78 is 1.75. The maximum atomic E-state index is 13.1. The number of carbonyl (C=O) groups excluding carboxylic acids is 1. The number of ketones is 1. The molecule has 0 bridgehead atoms. The normalized spacial score (nSPS) is 15.3. The number of anilines is 2. The van der Waals surface area contributed by atoms with Crippen molar-refractivity contribution >= 4 is 17.3 Å². The fourth-order valence-corrected chi connectivity index (χ4v) is 4.02. The molecule has 0 atom stereocenters. The number of carbonyl (C=O) groups is 1. The van der Waals surface area contributed by atoms with Crippen LogP contribution >= 0.6 is 0 Å². The fraction of sp³-hybridized carbons (Fsp3) is 0.391. The van der Waals surface area contributed by atoms with Gasteiger partial charge in [0, 0.05) is 23.5 Å². The number of Topliss-reactive ketones (excluding diaryl/α,β-unsaturated/α-hetero) is 1. The minimum absolute atomic E-state index is 0.111. The summed E-state index contributed by atoms with van der Waals surface area (Å²) in [6.45, 7) is 12.3. The number of hydrogen-bond donors (Lipinski definition) is 1. The van der Waals surface area contributed by atoms with Crippen molar-refractivity contribution < 1.29 is 4.79 Å². The van der Waals surface area contributed by atoms with Gasteiger partial charge in [-0.2, -0.15) is 0 Å². The minimum atomic E-state index is -0.128. The Kier molecular flexibility index (Phi) is 4.52. The molecule has 150 valence electrons. The third kappa shape index (κ3) is 3.55. The standard InChI is InChI=1S/C23H27N5O/c1-13-8-7-9-17(16(13)4)26-21-20-18(11-23(5,6)12-19(20)29)28(27-21)22-24-14(2)10-15(3)25-22/h7-10H,11-12H2,1-6H3,(H,26,27). The zero-order valence-corrected chi connectivity index (χ0v) is 17.9. The quantitative estimate of drug-likeness (QED) is 0.697. The van der Waals surface area contributed by atoms with Gasteiger partial charge in [-0.3, -0.25) is 4.79 Å². The highest BCUT2D eigenvalue weighted by atomic mass is 16.1. The van der Waals surface area contributed by atoms with E-state index in [-0.39, 0.29) is 11.2 Å². The molecule has 1 aromatic carbocycles. The third-order valence-corrected chi connectivity index (χ3v) is 5.56. The third-order valence-electron chi connectivity index (χ3n) is 5.56. The Labute approximate surface area is 171 Å². The average molecular weight is 390 g/mol. The molecule has 1 aliphatic rings. The first-order valence-corrected chi connectivity index (χ1v) is 9.95. The van der Waals surface area contributed by atoms with Gasteiger partial charge in [-0.05, 0) is 62.8 Å². The van der Waals surface area contributed by atoms with Crippen LogP contribution in [-0.4, -0.2) is 25.5 Å². The molecule has 4 rings (SSSR count). The van der Waals surface area contributed by atoms with Gasteiger partial charge in [0.05, 0.1) is 11.3 Å². The van der Waals surface area contributed by atoms with Crippen molar-refractivity contribution in [3.63, 3.8) is 0 Å². The van der Waals surface area contributed by atoms with Crippen LogP contribution in [0.2, 0.25) is 0 Å². The van der Waals surface area contributed by atoms with Crippen molar-refractivity contribution in [3.8, 4) is 5.95 Å². The van der Waals surface area contributed by atoms with Gasteiger partial charge in [0.1, 0.15) is 0 Å². The van der Waals surface area contributed by atoms with Crippen molar-refractivity contribution in [1.82, 2.24) is 19.7 Å². The summed E-state index contributed by atoms with van der Waals surface area (Å²) in [5, 5.41) is 8.20. The summed E-state index contributed by atoms with van der Waals surface area (Å²) in [7, 11) is 0. The lowest BCUT2D eigenvalue weighted by Crippen LogP contribution is -2.28. The molecule has 0 radical (unpaired) electrons. The monoisotopic (exact) mass is 389 g/mol. The van der Waals surface area contributed by atoms with Gasteiger partial charge in [0.25, 0.3) is 5.95 Å². The van der Waals surface area contributed by atoms with E-state index in [0.717, 1.165) is 34.8 Å². The van der Waals surface area contributed by atoms with E-state index in [2.05, 4.69) is 49.0 Å². The molecule has 3 aromatic rings. The second-order valence-electron chi connectivity index (χ2n) is 8.85. The van der Waals surface area contributed by atoms with Gasteiger partial charge >= 0.3 is 0 Å². The number of hydrogen-bond acceptors (Lipinski definition) is 5. The number of benzene rings is 1. The van der Waals surface area contributed by atoms with Crippen molar-refractivity contribution in [2.45, 2.75) is 54.4 Å². The number of nitrogens with zero attached hydrogens (tertiary/aromatic N) is 4. The van der Waals surface area contributed by atoms with Crippen LogP contribution < -0.4 is 5.32 Å². The summed E-state index contributed by atoms with van der Waals surface area (Å²) in [5.41, 5.74) is 6.45. The summed E-state index contributed by atoms with van der Waals surface area (Å²) in [5.74, 6) is 1.20. The number of nitrogens with one attached hydrogen (secondary N) is 1. The Hall–Kier alpha value is -3.02. The Bertz CT molecular complexity index is 1110. The van der Waals surface area contributed by atoms with E-state index >= 15 is 0 Å². The summed E-state index contributed by atoms with van der Waals surface area (Å²) >= 11 is 0. The van der Waals surface area contributed by atoms with Gasteiger partial charge in [-0.1, -0.05) is 26.0 Å².